The highest BCUT2D eigenvalue weighted by Crippen LogP contribution is 2.23. The minimum atomic E-state index is 0.886. The zero-order chi connectivity index (χ0) is 7.68. The summed E-state index contributed by atoms with van der Waals surface area (Å²) in [4.78, 5) is 0. The van der Waals surface area contributed by atoms with Crippen LogP contribution in [0.25, 0.3) is 0 Å². The van der Waals surface area contributed by atoms with Gasteiger partial charge in [0, 0.05) is 17.6 Å². The molecule has 0 saturated carbocycles. The van der Waals surface area contributed by atoms with Gasteiger partial charge in [-0.1, -0.05) is 28.1 Å². The van der Waals surface area contributed by atoms with Crippen LogP contribution in [0.5, 0.6) is 0 Å². The third-order valence-electron chi connectivity index (χ3n) is 2.03. The molecule has 0 fully saturated rings. The average Bonchev–Trinajstić information content (AvgIpc) is 2.06. The van der Waals surface area contributed by atoms with Gasteiger partial charge in [-0.3, -0.25) is 0 Å². The number of nitrogens with zero attached hydrogens (tertiary/aromatic N) is 1. The van der Waals surface area contributed by atoms with Gasteiger partial charge in [-0.05, 0) is 23.6 Å². The minimum Gasteiger partial charge on any atom is -0.237 e. The second-order valence-corrected chi connectivity index (χ2v) is 3.59. The van der Waals surface area contributed by atoms with Gasteiger partial charge in [0.1, 0.15) is 0 Å². The molecule has 1 aliphatic heterocycles. The molecule has 1 aromatic carbocycles. The first-order valence-electron chi connectivity index (χ1n) is 3.77. The van der Waals surface area contributed by atoms with Crippen LogP contribution in [-0.4, -0.2) is 6.54 Å². The number of hydrogen-bond acceptors (Lipinski definition) is 0. The lowest BCUT2D eigenvalue weighted by atomic mass is 10.0. The molecule has 1 nitrogen and oxygen atoms in total. The molecule has 0 saturated heterocycles. The average molecular weight is 211 g/mol. The van der Waals surface area contributed by atoms with E-state index < -0.39 is 0 Å². The van der Waals surface area contributed by atoms with Gasteiger partial charge in [0.05, 0.1) is 0 Å². The minimum absolute atomic E-state index is 0.886. The normalized spacial score (nSPS) is 16.1. The van der Waals surface area contributed by atoms with Gasteiger partial charge in [-0.15, -0.1) is 0 Å². The van der Waals surface area contributed by atoms with Gasteiger partial charge < -0.3 is 0 Å². The number of halogens is 1. The number of fused-ring (bicyclic) bond motifs is 1. The quantitative estimate of drug-likeness (QED) is 0.624. The van der Waals surface area contributed by atoms with Crippen molar-refractivity contribution in [3.8, 4) is 0 Å². The van der Waals surface area contributed by atoms with Crippen LogP contribution in [0, 0.1) is 0 Å². The van der Waals surface area contributed by atoms with Crippen molar-refractivity contribution in [2.24, 2.45) is 0 Å². The van der Waals surface area contributed by atoms with Crippen molar-refractivity contribution in [1.29, 1.82) is 0 Å². The number of hydrogen-bond donors (Lipinski definition) is 0. The molecule has 57 valence electrons. The highest BCUT2D eigenvalue weighted by Gasteiger charge is 2.10. The zero-order valence-electron chi connectivity index (χ0n) is 6.18. The molecule has 1 aromatic rings. The maximum Gasteiger partial charge on any atom is 0.0398 e. The summed E-state index contributed by atoms with van der Waals surface area (Å²) >= 11 is 3.52. The van der Waals surface area contributed by atoms with Crippen LogP contribution in [0.2, 0.25) is 0 Å². The fraction of sp³-hybridized carbons (Fsp3) is 0.333. The summed E-state index contributed by atoms with van der Waals surface area (Å²) in [6, 6.07) is 6.36. The van der Waals surface area contributed by atoms with Gasteiger partial charge in [0.15, 0.2) is 0 Å². The van der Waals surface area contributed by atoms with Crippen molar-refractivity contribution in [2.45, 2.75) is 13.0 Å². The summed E-state index contributed by atoms with van der Waals surface area (Å²) in [7, 11) is 0. The second-order valence-electron chi connectivity index (χ2n) is 2.73. The van der Waals surface area contributed by atoms with Crippen LogP contribution in [0.3, 0.4) is 0 Å². The van der Waals surface area contributed by atoms with Gasteiger partial charge in [-0.2, -0.15) is 0 Å². The van der Waals surface area contributed by atoms with E-state index in [9.17, 15) is 0 Å². The molecule has 0 amide bonds. The largest absolute Gasteiger partial charge is 0.237 e. The van der Waals surface area contributed by atoms with E-state index in [0.717, 1.165) is 19.5 Å². The predicted octanol–water partition coefficient (Wildman–Crippen LogP) is 2.11. The Kier molecular flexibility index (Phi) is 1.96. The van der Waals surface area contributed by atoms with E-state index in [1.54, 1.807) is 0 Å². The lowest BCUT2D eigenvalue weighted by Crippen LogP contribution is -2.17. The molecule has 0 aliphatic carbocycles. The van der Waals surface area contributed by atoms with Gasteiger partial charge in [0.2, 0.25) is 0 Å². The van der Waals surface area contributed by atoms with Crippen LogP contribution in [-0.2, 0) is 13.0 Å². The summed E-state index contributed by atoms with van der Waals surface area (Å²) in [5.74, 6) is 0. The molecule has 1 heterocycles. The summed E-state index contributed by atoms with van der Waals surface area (Å²) < 4.78 is 1.21. The van der Waals surface area contributed by atoms with Gasteiger partial charge in [-0.25, -0.2) is 5.32 Å². The first kappa shape index (κ1) is 7.32. The maximum atomic E-state index is 4.35. The fourth-order valence-electron chi connectivity index (χ4n) is 1.40. The Bertz CT molecular complexity index is 270. The van der Waals surface area contributed by atoms with Crippen LogP contribution >= 0.6 is 15.9 Å². The van der Waals surface area contributed by atoms with E-state index >= 15 is 0 Å². The summed E-state index contributed by atoms with van der Waals surface area (Å²) in [5.41, 5.74) is 2.83. The van der Waals surface area contributed by atoms with Gasteiger partial charge >= 0.3 is 0 Å². The summed E-state index contributed by atoms with van der Waals surface area (Å²) in [5, 5.41) is 4.35. The zero-order valence-corrected chi connectivity index (χ0v) is 7.76. The Morgan fingerprint density at radius 1 is 1.36 bits per heavy atom. The second kappa shape index (κ2) is 2.95. The van der Waals surface area contributed by atoms with Gasteiger partial charge in [0.25, 0.3) is 0 Å². The topological polar surface area (TPSA) is 14.1 Å². The molecular formula is C9H9BrN. The third-order valence-corrected chi connectivity index (χ3v) is 2.77. The first-order chi connectivity index (χ1) is 5.38. The summed E-state index contributed by atoms with van der Waals surface area (Å²) in [6.07, 6.45) is 1.11. The molecule has 0 atom stereocenters. The fourth-order valence-corrected chi connectivity index (χ4v) is 1.94. The Balaban J connectivity index is 2.49. The van der Waals surface area contributed by atoms with E-state index in [2.05, 4.69) is 39.4 Å². The molecule has 1 radical (unpaired) electrons. The van der Waals surface area contributed by atoms with Crippen molar-refractivity contribution in [3.05, 3.63) is 33.8 Å². The Labute approximate surface area is 74.9 Å². The highest BCUT2D eigenvalue weighted by atomic mass is 79.9. The van der Waals surface area contributed by atoms with Crippen LogP contribution in [0.15, 0.2) is 22.7 Å². The molecule has 11 heavy (non-hydrogen) atoms. The van der Waals surface area contributed by atoms with E-state index in [0.29, 0.717) is 0 Å². The molecule has 2 rings (SSSR count). The molecular weight excluding hydrogens is 202 g/mol. The van der Waals surface area contributed by atoms with Crippen molar-refractivity contribution in [1.82, 2.24) is 5.32 Å². The van der Waals surface area contributed by atoms with Crippen molar-refractivity contribution >= 4 is 15.9 Å². The standard InChI is InChI=1S/C9H9BrN/c10-9-3-1-2-7-4-5-11-6-8(7)9/h1-3H,4-6H2. The lowest BCUT2D eigenvalue weighted by molar-refractivity contribution is 0.628. The van der Waals surface area contributed by atoms with Crippen molar-refractivity contribution < 1.29 is 0 Å². The number of benzene rings is 1. The third kappa shape index (κ3) is 1.33. The lowest BCUT2D eigenvalue weighted by Gasteiger charge is -2.16. The molecule has 1 aliphatic rings. The smallest absolute Gasteiger partial charge is 0.0398 e. The van der Waals surface area contributed by atoms with Crippen LogP contribution in [0.4, 0.5) is 0 Å². The van der Waals surface area contributed by atoms with E-state index in [1.807, 2.05) is 0 Å². The molecule has 0 N–H and O–H groups in total. The Hall–Kier alpha value is -0.340. The molecule has 0 spiro atoms. The highest BCUT2D eigenvalue weighted by molar-refractivity contribution is 9.10. The molecule has 2 heteroatoms. The Morgan fingerprint density at radius 2 is 2.27 bits per heavy atom. The van der Waals surface area contributed by atoms with E-state index in [4.69, 9.17) is 0 Å². The van der Waals surface area contributed by atoms with E-state index in [-0.39, 0.29) is 0 Å². The van der Waals surface area contributed by atoms with Crippen LogP contribution in [0.1, 0.15) is 11.1 Å². The molecule has 0 bridgehead atoms. The van der Waals surface area contributed by atoms with Crippen molar-refractivity contribution in [3.63, 3.8) is 0 Å². The SMILES string of the molecule is Brc1cccc2c1C[N]CC2. The maximum absolute atomic E-state index is 4.35. The summed E-state index contributed by atoms with van der Waals surface area (Å²) in [6.45, 7) is 1.88. The molecule has 0 aromatic heterocycles. The van der Waals surface area contributed by atoms with Crippen LogP contribution < -0.4 is 5.32 Å². The number of rotatable bonds is 0. The molecule has 0 unspecified atom stereocenters. The first-order valence-corrected chi connectivity index (χ1v) is 4.57. The Morgan fingerprint density at radius 3 is 3.09 bits per heavy atom. The predicted molar refractivity (Wildman–Crippen MR) is 48.6 cm³/mol. The van der Waals surface area contributed by atoms with E-state index in [1.165, 1.54) is 15.6 Å². The van der Waals surface area contributed by atoms with Crippen molar-refractivity contribution in [2.75, 3.05) is 6.54 Å². The monoisotopic (exact) mass is 210 g/mol.